The van der Waals surface area contributed by atoms with Gasteiger partial charge in [-0.1, -0.05) is 5.16 Å². The number of aromatic nitrogens is 2. The van der Waals surface area contributed by atoms with Gasteiger partial charge in [0, 0.05) is 24.4 Å². The monoisotopic (exact) mass is 220 g/mol. The Morgan fingerprint density at radius 3 is 2.81 bits per heavy atom. The number of oxime groups is 1. The number of hydrogen-bond acceptors (Lipinski definition) is 5. The summed E-state index contributed by atoms with van der Waals surface area (Å²) in [5.74, 6) is 0.443. The van der Waals surface area contributed by atoms with Crippen molar-refractivity contribution in [3.05, 3.63) is 18.5 Å². The Morgan fingerprint density at radius 2 is 2.19 bits per heavy atom. The van der Waals surface area contributed by atoms with Crippen molar-refractivity contribution in [2.45, 2.75) is 32.2 Å². The summed E-state index contributed by atoms with van der Waals surface area (Å²) in [6.45, 7) is 1.96. The minimum absolute atomic E-state index is 0.282. The maximum atomic E-state index is 5.85. The molecule has 86 valence electrons. The van der Waals surface area contributed by atoms with Gasteiger partial charge in [0.2, 0.25) is 0 Å². The van der Waals surface area contributed by atoms with Crippen LogP contribution in [0.2, 0.25) is 0 Å². The summed E-state index contributed by atoms with van der Waals surface area (Å²) in [5, 5.41) is 4.05. The van der Waals surface area contributed by atoms with Crippen molar-refractivity contribution in [1.82, 2.24) is 9.97 Å². The Hall–Kier alpha value is -1.49. The third-order valence-electron chi connectivity index (χ3n) is 2.88. The molecule has 1 aliphatic carbocycles. The van der Waals surface area contributed by atoms with E-state index < -0.39 is 0 Å². The maximum Gasteiger partial charge on any atom is 0.345 e. The summed E-state index contributed by atoms with van der Waals surface area (Å²) in [4.78, 5) is 13.0. The molecule has 16 heavy (non-hydrogen) atoms. The molecule has 5 nitrogen and oxygen atoms in total. The van der Waals surface area contributed by atoms with E-state index in [0.29, 0.717) is 12.0 Å². The fourth-order valence-electron chi connectivity index (χ4n) is 1.92. The van der Waals surface area contributed by atoms with Gasteiger partial charge in [-0.05, 0) is 32.3 Å². The first kappa shape index (κ1) is 11.0. The standard InChI is InChI=1S/C11H16N4O/c1-8(9-3-4-10(12)7-9)15-16-11-13-5-2-6-14-11/h2,5-6,9-10H,3-4,7,12H2,1H3/b15-8+/t9-,10+/m0/s1. The highest BCUT2D eigenvalue weighted by molar-refractivity contribution is 5.84. The summed E-state index contributed by atoms with van der Waals surface area (Å²) >= 11 is 0. The van der Waals surface area contributed by atoms with Crippen LogP contribution < -0.4 is 10.6 Å². The minimum Gasteiger partial charge on any atom is -0.328 e. The van der Waals surface area contributed by atoms with Crippen LogP contribution in [0.1, 0.15) is 26.2 Å². The van der Waals surface area contributed by atoms with Crippen LogP contribution in [0.4, 0.5) is 0 Å². The van der Waals surface area contributed by atoms with Crippen LogP contribution in [0.25, 0.3) is 0 Å². The van der Waals surface area contributed by atoms with Gasteiger partial charge in [-0.3, -0.25) is 0 Å². The number of nitrogens with zero attached hydrogens (tertiary/aromatic N) is 3. The van der Waals surface area contributed by atoms with Gasteiger partial charge in [-0.15, -0.1) is 0 Å². The zero-order chi connectivity index (χ0) is 11.4. The van der Waals surface area contributed by atoms with Crippen molar-refractivity contribution >= 4 is 5.71 Å². The van der Waals surface area contributed by atoms with Gasteiger partial charge < -0.3 is 10.6 Å². The lowest BCUT2D eigenvalue weighted by Crippen LogP contribution is -2.17. The summed E-state index contributed by atoms with van der Waals surface area (Å²) in [6, 6.07) is 2.33. The van der Waals surface area contributed by atoms with Crippen molar-refractivity contribution < 1.29 is 4.84 Å². The number of nitrogens with two attached hydrogens (primary N) is 1. The zero-order valence-electron chi connectivity index (χ0n) is 9.34. The second-order valence-electron chi connectivity index (χ2n) is 4.13. The van der Waals surface area contributed by atoms with Crippen molar-refractivity contribution in [2.24, 2.45) is 16.8 Å². The molecule has 0 bridgehead atoms. The Bertz CT molecular complexity index is 366. The first-order valence-corrected chi connectivity index (χ1v) is 5.50. The topological polar surface area (TPSA) is 73.4 Å². The van der Waals surface area contributed by atoms with Crippen molar-refractivity contribution in [2.75, 3.05) is 0 Å². The smallest absolute Gasteiger partial charge is 0.328 e. The highest BCUT2D eigenvalue weighted by atomic mass is 16.6. The minimum atomic E-state index is 0.282. The fourth-order valence-corrected chi connectivity index (χ4v) is 1.92. The van der Waals surface area contributed by atoms with E-state index in [1.54, 1.807) is 18.5 Å². The second-order valence-corrected chi connectivity index (χ2v) is 4.13. The largest absolute Gasteiger partial charge is 0.345 e. The Labute approximate surface area is 94.7 Å². The molecule has 0 unspecified atom stereocenters. The average Bonchev–Trinajstić information content (AvgIpc) is 2.74. The molecule has 1 aliphatic rings. The lowest BCUT2D eigenvalue weighted by molar-refractivity contribution is 0.308. The van der Waals surface area contributed by atoms with Crippen molar-refractivity contribution in [3.8, 4) is 6.01 Å². The van der Waals surface area contributed by atoms with Crippen molar-refractivity contribution in [3.63, 3.8) is 0 Å². The molecule has 1 saturated carbocycles. The highest BCUT2D eigenvalue weighted by Gasteiger charge is 2.24. The quantitative estimate of drug-likeness (QED) is 0.616. The van der Waals surface area contributed by atoms with Crippen molar-refractivity contribution in [1.29, 1.82) is 0 Å². The Kier molecular flexibility index (Phi) is 3.46. The van der Waals surface area contributed by atoms with Gasteiger partial charge in [0.1, 0.15) is 0 Å². The number of rotatable bonds is 3. The van der Waals surface area contributed by atoms with E-state index in [2.05, 4.69) is 15.1 Å². The molecule has 0 amide bonds. The Balaban J connectivity index is 1.92. The lowest BCUT2D eigenvalue weighted by atomic mass is 10.0. The van der Waals surface area contributed by atoms with Crippen LogP contribution in [-0.4, -0.2) is 21.7 Å². The molecule has 2 rings (SSSR count). The summed E-state index contributed by atoms with van der Waals surface area (Å²) < 4.78 is 0. The third kappa shape index (κ3) is 2.76. The molecule has 0 spiro atoms. The molecule has 1 aromatic rings. The molecule has 0 radical (unpaired) electrons. The van der Waals surface area contributed by atoms with Gasteiger partial charge in [0.05, 0.1) is 5.71 Å². The Morgan fingerprint density at radius 1 is 1.44 bits per heavy atom. The van der Waals surface area contributed by atoms with Crippen LogP contribution in [0, 0.1) is 5.92 Å². The fraction of sp³-hybridized carbons (Fsp3) is 0.545. The van der Waals surface area contributed by atoms with Crippen LogP contribution >= 0.6 is 0 Å². The summed E-state index contributed by atoms with van der Waals surface area (Å²) in [6.07, 6.45) is 6.40. The van der Waals surface area contributed by atoms with E-state index in [-0.39, 0.29) is 6.01 Å². The van der Waals surface area contributed by atoms with E-state index in [1.165, 1.54) is 0 Å². The average molecular weight is 220 g/mol. The van der Waals surface area contributed by atoms with Gasteiger partial charge in [-0.2, -0.15) is 0 Å². The molecule has 0 aliphatic heterocycles. The third-order valence-corrected chi connectivity index (χ3v) is 2.88. The molecule has 1 aromatic heterocycles. The molecule has 1 heterocycles. The van der Waals surface area contributed by atoms with Crippen LogP contribution in [0.5, 0.6) is 6.01 Å². The lowest BCUT2D eigenvalue weighted by Gasteiger charge is -2.07. The normalized spacial score (nSPS) is 25.8. The predicted molar refractivity (Wildman–Crippen MR) is 61.1 cm³/mol. The van der Waals surface area contributed by atoms with Gasteiger partial charge in [-0.25, -0.2) is 9.97 Å². The predicted octanol–water partition coefficient (Wildman–Crippen LogP) is 1.36. The van der Waals surface area contributed by atoms with E-state index >= 15 is 0 Å². The highest BCUT2D eigenvalue weighted by Crippen LogP contribution is 2.25. The maximum absolute atomic E-state index is 5.85. The first-order chi connectivity index (χ1) is 7.75. The van der Waals surface area contributed by atoms with Crippen LogP contribution in [0.15, 0.2) is 23.6 Å². The SMILES string of the molecule is C/C(=N\Oc1ncccn1)[C@H]1CC[C@@H](N)C1. The molecule has 0 saturated heterocycles. The molecular formula is C11H16N4O. The molecule has 2 atom stereocenters. The van der Waals surface area contributed by atoms with E-state index in [1.807, 2.05) is 6.92 Å². The first-order valence-electron chi connectivity index (χ1n) is 5.50. The summed E-state index contributed by atoms with van der Waals surface area (Å²) in [7, 11) is 0. The molecule has 2 N–H and O–H groups in total. The van der Waals surface area contributed by atoms with Crippen LogP contribution in [-0.2, 0) is 0 Å². The van der Waals surface area contributed by atoms with E-state index in [4.69, 9.17) is 10.6 Å². The molecule has 1 fully saturated rings. The van der Waals surface area contributed by atoms with Gasteiger partial charge in [0.25, 0.3) is 0 Å². The molecular weight excluding hydrogens is 204 g/mol. The molecule has 5 heteroatoms. The van der Waals surface area contributed by atoms with Gasteiger partial charge >= 0.3 is 6.01 Å². The molecule has 0 aromatic carbocycles. The second kappa shape index (κ2) is 5.03. The number of hydrogen-bond donors (Lipinski definition) is 1. The van der Waals surface area contributed by atoms with Crippen LogP contribution in [0.3, 0.4) is 0 Å². The zero-order valence-corrected chi connectivity index (χ0v) is 9.34. The van der Waals surface area contributed by atoms with E-state index in [0.717, 1.165) is 25.0 Å². The summed E-state index contributed by atoms with van der Waals surface area (Å²) in [5.41, 5.74) is 6.82. The van der Waals surface area contributed by atoms with Gasteiger partial charge in [0.15, 0.2) is 0 Å². The van der Waals surface area contributed by atoms with E-state index in [9.17, 15) is 0 Å².